The summed E-state index contributed by atoms with van der Waals surface area (Å²) in [7, 11) is -3.74. The molecule has 0 aromatic heterocycles. The van der Waals surface area contributed by atoms with Gasteiger partial charge in [-0.05, 0) is 24.8 Å². The van der Waals surface area contributed by atoms with Crippen LogP contribution in [0.3, 0.4) is 0 Å². The number of azide groups is 1. The Bertz CT molecular complexity index is 525. The van der Waals surface area contributed by atoms with Gasteiger partial charge in [0.2, 0.25) is 0 Å². The van der Waals surface area contributed by atoms with Gasteiger partial charge < -0.3 is 14.2 Å². The van der Waals surface area contributed by atoms with Crippen LogP contribution in [-0.2, 0) is 28.5 Å². The molecule has 0 spiro atoms. The highest BCUT2D eigenvalue weighted by Gasteiger charge is 2.34. The Morgan fingerprint density at radius 2 is 1.50 bits per heavy atom. The van der Waals surface area contributed by atoms with Crippen LogP contribution in [0.1, 0.15) is 59.3 Å². The molecule has 1 unspecified atom stereocenters. The Kier molecular flexibility index (Phi) is 16.5. The van der Waals surface area contributed by atoms with Crippen LogP contribution in [0.25, 0.3) is 10.4 Å². The van der Waals surface area contributed by atoms with E-state index in [1.165, 1.54) is 0 Å². The lowest BCUT2D eigenvalue weighted by Crippen LogP contribution is -2.47. The van der Waals surface area contributed by atoms with Crippen molar-refractivity contribution in [1.29, 1.82) is 0 Å². The predicted molar refractivity (Wildman–Crippen MR) is 109 cm³/mol. The average Bonchev–Trinajstić information content (AvgIpc) is 2.64. The second-order valence-electron chi connectivity index (χ2n) is 6.63. The molecular formula is C18H37N3O6S. The molecule has 0 N–H and O–H groups in total. The highest BCUT2D eigenvalue weighted by molar-refractivity contribution is 7.86. The Morgan fingerprint density at radius 3 is 2.04 bits per heavy atom. The number of hydrogen-bond acceptors (Lipinski definition) is 7. The fourth-order valence-corrected chi connectivity index (χ4v) is 3.03. The molecule has 0 aliphatic carbocycles. The van der Waals surface area contributed by atoms with E-state index in [2.05, 4.69) is 10.0 Å². The van der Waals surface area contributed by atoms with Gasteiger partial charge in [0.15, 0.2) is 0 Å². The molecular weight excluding hydrogens is 386 g/mol. The maximum Gasteiger partial charge on any atom is 0.264 e. The van der Waals surface area contributed by atoms with Crippen LogP contribution in [0, 0.1) is 0 Å². The summed E-state index contributed by atoms with van der Waals surface area (Å²) < 4.78 is 46.4. The van der Waals surface area contributed by atoms with E-state index < -0.39 is 28.4 Å². The van der Waals surface area contributed by atoms with Crippen molar-refractivity contribution in [3.8, 4) is 0 Å². The number of hydrogen-bond donors (Lipinski definition) is 0. The first-order chi connectivity index (χ1) is 13.4. The van der Waals surface area contributed by atoms with Crippen LogP contribution >= 0.6 is 0 Å². The van der Waals surface area contributed by atoms with Gasteiger partial charge in [0.25, 0.3) is 10.1 Å². The van der Waals surface area contributed by atoms with Crippen molar-refractivity contribution in [3.63, 3.8) is 0 Å². The highest BCUT2D eigenvalue weighted by Crippen LogP contribution is 2.17. The maximum absolute atomic E-state index is 11.8. The number of nitrogens with zero attached hydrogens (tertiary/aromatic N) is 3. The molecule has 0 aromatic carbocycles. The third kappa shape index (κ3) is 14.1. The van der Waals surface area contributed by atoms with E-state index in [0.717, 1.165) is 44.8 Å². The summed E-state index contributed by atoms with van der Waals surface area (Å²) in [6.07, 6.45) is 4.09. The Labute approximate surface area is 169 Å². The van der Waals surface area contributed by atoms with Crippen LogP contribution < -0.4 is 0 Å². The average molecular weight is 424 g/mol. The molecule has 0 saturated heterocycles. The first-order valence-corrected chi connectivity index (χ1v) is 11.9. The normalized spacial score (nSPS) is 15.0. The fraction of sp³-hybridized carbons (Fsp3) is 1.00. The molecule has 0 heterocycles. The van der Waals surface area contributed by atoms with Crippen LogP contribution in [0.2, 0.25) is 0 Å². The zero-order valence-corrected chi connectivity index (χ0v) is 18.5. The Morgan fingerprint density at radius 1 is 0.929 bits per heavy atom. The SMILES string of the molecule is CCCCOC[C@H](OS(C)(=O)=O)C(OCCCC)[C@H](CN=[N+]=[N-])OCCCC. The molecule has 10 heteroatoms. The molecule has 0 aromatic rings. The molecule has 0 fully saturated rings. The Hall–Kier alpha value is -0.900. The lowest BCUT2D eigenvalue weighted by Gasteiger charge is -2.32. The van der Waals surface area contributed by atoms with E-state index in [4.69, 9.17) is 23.9 Å². The van der Waals surface area contributed by atoms with Crippen molar-refractivity contribution in [1.82, 2.24) is 0 Å². The summed E-state index contributed by atoms with van der Waals surface area (Å²) in [4.78, 5) is 2.80. The molecule has 0 rings (SSSR count). The van der Waals surface area contributed by atoms with Gasteiger partial charge >= 0.3 is 0 Å². The van der Waals surface area contributed by atoms with Gasteiger partial charge in [0, 0.05) is 24.7 Å². The molecule has 0 radical (unpaired) electrons. The Balaban J connectivity index is 5.45. The van der Waals surface area contributed by atoms with Gasteiger partial charge in [-0.1, -0.05) is 45.1 Å². The van der Waals surface area contributed by atoms with Crippen LogP contribution in [0.5, 0.6) is 0 Å². The monoisotopic (exact) mass is 423 g/mol. The smallest absolute Gasteiger partial charge is 0.264 e. The van der Waals surface area contributed by atoms with E-state index in [-0.39, 0.29) is 13.2 Å². The minimum atomic E-state index is -3.74. The summed E-state index contributed by atoms with van der Waals surface area (Å²) in [5, 5.41) is 3.62. The van der Waals surface area contributed by atoms with Gasteiger partial charge in [0.05, 0.1) is 25.5 Å². The molecule has 28 heavy (non-hydrogen) atoms. The van der Waals surface area contributed by atoms with Crippen molar-refractivity contribution < 1.29 is 26.8 Å². The topological polar surface area (TPSA) is 120 Å². The standard InChI is InChI=1S/C18H37N3O6S/c1-5-8-11-24-15-17(27-28(4,22)23)18(26-13-10-7-3)16(14-20-21-19)25-12-9-6-2/h16-18H,5-15H2,1-4H3/t16-,17-,18?/m0/s1. The van der Waals surface area contributed by atoms with Crippen molar-refractivity contribution in [2.75, 3.05) is 39.2 Å². The van der Waals surface area contributed by atoms with E-state index in [1.807, 2.05) is 20.8 Å². The summed E-state index contributed by atoms with van der Waals surface area (Å²) >= 11 is 0. The third-order valence-corrected chi connectivity index (χ3v) is 4.52. The second-order valence-corrected chi connectivity index (χ2v) is 8.23. The molecule has 0 aliphatic heterocycles. The summed E-state index contributed by atoms with van der Waals surface area (Å²) in [5.74, 6) is 0. The lowest BCUT2D eigenvalue weighted by molar-refractivity contribution is -0.126. The summed E-state index contributed by atoms with van der Waals surface area (Å²) in [6, 6.07) is 0. The summed E-state index contributed by atoms with van der Waals surface area (Å²) in [6.45, 7) is 7.57. The molecule has 0 bridgehead atoms. The van der Waals surface area contributed by atoms with E-state index in [9.17, 15) is 8.42 Å². The molecule has 0 saturated carbocycles. The van der Waals surface area contributed by atoms with Crippen LogP contribution in [0.15, 0.2) is 5.11 Å². The zero-order valence-electron chi connectivity index (χ0n) is 17.7. The lowest BCUT2D eigenvalue weighted by atomic mass is 10.1. The molecule has 0 amide bonds. The van der Waals surface area contributed by atoms with Gasteiger partial charge in [-0.25, -0.2) is 0 Å². The highest BCUT2D eigenvalue weighted by atomic mass is 32.2. The summed E-state index contributed by atoms with van der Waals surface area (Å²) in [5.41, 5.74) is 8.72. The second kappa shape index (κ2) is 17.0. The molecule has 0 aliphatic rings. The number of rotatable bonds is 19. The molecule has 3 atom stereocenters. The van der Waals surface area contributed by atoms with Gasteiger partial charge in [-0.3, -0.25) is 4.18 Å². The van der Waals surface area contributed by atoms with E-state index in [0.29, 0.717) is 19.8 Å². The fourth-order valence-electron chi connectivity index (χ4n) is 2.41. The third-order valence-electron chi connectivity index (χ3n) is 3.92. The maximum atomic E-state index is 11.8. The van der Waals surface area contributed by atoms with E-state index >= 15 is 0 Å². The van der Waals surface area contributed by atoms with Crippen LogP contribution in [-0.4, -0.2) is 66.0 Å². The minimum Gasteiger partial charge on any atom is -0.379 e. The number of unbranched alkanes of at least 4 members (excludes halogenated alkanes) is 3. The zero-order chi connectivity index (χ0) is 21.3. The first-order valence-electron chi connectivity index (χ1n) is 10.1. The van der Waals surface area contributed by atoms with Gasteiger partial charge in [-0.2, -0.15) is 8.42 Å². The molecule has 9 nitrogen and oxygen atoms in total. The van der Waals surface area contributed by atoms with Crippen LogP contribution in [0.4, 0.5) is 0 Å². The quantitative estimate of drug-likeness (QED) is 0.102. The van der Waals surface area contributed by atoms with Crippen molar-refractivity contribution in [3.05, 3.63) is 10.4 Å². The minimum absolute atomic E-state index is 0.0234. The number of ether oxygens (including phenoxy) is 3. The predicted octanol–water partition coefficient (Wildman–Crippen LogP) is 3.83. The van der Waals surface area contributed by atoms with Gasteiger partial charge in [-0.15, -0.1) is 0 Å². The van der Waals surface area contributed by atoms with Crippen molar-refractivity contribution in [2.45, 2.75) is 77.6 Å². The van der Waals surface area contributed by atoms with Gasteiger partial charge in [0.1, 0.15) is 12.2 Å². The van der Waals surface area contributed by atoms with E-state index in [1.54, 1.807) is 0 Å². The van der Waals surface area contributed by atoms with Crippen molar-refractivity contribution >= 4 is 10.1 Å². The molecule has 166 valence electrons. The first kappa shape index (κ1) is 27.1. The van der Waals surface area contributed by atoms with Crippen molar-refractivity contribution in [2.24, 2.45) is 5.11 Å². The largest absolute Gasteiger partial charge is 0.379 e.